The molecule has 224 valence electrons. The third-order valence-electron chi connectivity index (χ3n) is 8.07. The Morgan fingerprint density at radius 1 is 1.05 bits per heavy atom. The van der Waals surface area contributed by atoms with Crippen LogP contribution in [-0.2, 0) is 33.2 Å². The van der Waals surface area contributed by atoms with Crippen molar-refractivity contribution in [2.45, 2.75) is 101 Å². The van der Waals surface area contributed by atoms with E-state index in [2.05, 4.69) is 0 Å². The number of aliphatic hydroxyl groups is 3. The van der Waals surface area contributed by atoms with Gasteiger partial charge < -0.3 is 53.6 Å². The summed E-state index contributed by atoms with van der Waals surface area (Å²) >= 11 is 0. The number of esters is 1. The number of hydrogen-bond donors (Lipinski definition) is 4. The number of hydrogen-bond acceptors (Lipinski definition) is 12. The predicted octanol–water partition coefficient (Wildman–Crippen LogP) is 0.722. The maximum absolute atomic E-state index is 12.9. The number of aliphatic hydroxyl groups excluding tert-OH is 3. The molecule has 3 aliphatic heterocycles. The van der Waals surface area contributed by atoms with E-state index in [1.165, 1.54) is 24.3 Å². The molecule has 1 aromatic carbocycles. The molecule has 40 heavy (non-hydrogen) atoms. The van der Waals surface area contributed by atoms with Crippen molar-refractivity contribution in [1.82, 2.24) is 0 Å². The van der Waals surface area contributed by atoms with E-state index in [1.807, 2.05) is 27.7 Å². The zero-order valence-corrected chi connectivity index (χ0v) is 23.1. The molecule has 3 saturated heterocycles. The lowest BCUT2D eigenvalue weighted by Gasteiger charge is -2.46. The SMILES string of the molecule is CC(C)OC[C@@H]1O[C@H](O[C@@H]2OCC[C@H]3[C@H](OC(=O)c4ccc(O)cc4)[C@@H]4O[C@@]4(CO)[C@@H]23)[C@@H](O)[C@H](O)[C@H]1OC(C)C. The standard InChI is InChI=1S/C28H40O12/c1-13(2)35-11-18-23(36-14(3)4)20(31)21(32)27(37-18)39-26-19-17(9-10-34-26)22(24-28(19,12-29)40-24)38-25(33)15-5-7-16(30)8-6-15/h5-8,13-14,17-24,26-27,29-32H,9-12H2,1-4H3/t17-,18+,19-,20+,21+,22+,23+,24+,26+,27-,28+/m1/s1. The molecular formula is C28H40O12. The molecule has 4 fully saturated rings. The second-order valence-electron chi connectivity index (χ2n) is 11.5. The molecule has 0 bridgehead atoms. The molecule has 1 saturated carbocycles. The van der Waals surface area contributed by atoms with Crippen LogP contribution in [0.15, 0.2) is 24.3 Å². The molecule has 0 amide bonds. The summed E-state index contributed by atoms with van der Waals surface area (Å²) < 4.78 is 41.6. The lowest BCUT2D eigenvalue weighted by molar-refractivity contribution is -0.362. The van der Waals surface area contributed by atoms with E-state index in [0.717, 1.165) is 0 Å². The van der Waals surface area contributed by atoms with E-state index in [1.54, 1.807) is 0 Å². The van der Waals surface area contributed by atoms with E-state index in [0.29, 0.717) is 6.42 Å². The van der Waals surface area contributed by atoms with Gasteiger partial charge in [-0.05, 0) is 58.4 Å². The van der Waals surface area contributed by atoms with Gasteiger partial charge in [0.25, 0.3) is 0 Å². The molecule has 3 heterocycles. The summed E-state index contributed by atoms with van der Waals surface area (Å²) in [4.78, 5) is 12.9. The van der Waals surface area contributed by atoms with Crippen LogP contribution >= 0.6 is 0 Å². The van der Waals surface area contributed by atoms with Gasteiger partial charge in [0, 0.05) is 5.92 Å². The van der Waals surface area contributed by atoms with Crippen molar-refractivity contribution < 1.29 is 58.4 Å². The highest BCUT2D eigenvalue weighted by atomic mass is 16.8. The third-order valence-corrected chi connectivity index (χ3v) is 8.07. The number of phenols is 1. The maximum Gasteiger partial charge on any atom is 0.338 e. The largest absolute Gasteiger partial charge is 0.508 e. The Bertz CT molecular complexity index is 1020. The lowest BCUT2D eigenvalue weighted by Crippen LogP contribution is -2.62. The molecule has 4 N–H and O–H groups in total. The summed E-state index contributed by atoms with van der Waals surface area (Å²) in [5.41, 5.74) is -0.769. The average molecular weight is 569 g/mol. The Morgan fingerprint density at radius 3 is 2.42 bits per heavy atom. The Labute approximate surface area is 233 Å². The van der Waals surface area contributed by atoms with E-state index >= 15 is 0 Å². The van der Waals surface area contributed by atoms with Gasteiger partial charge in [-0.1, -0.05) is 0 Å². The minimum Gasteiger partial charge on any atom is -0.508 e. The van der Waals surface area contributed by atoms with Crippen molar-refractivity contribution in [2.75, 3.05) is 19.8 Å². The highest BCUT2D eigenvalue weighted by Gasteiger charge is 2.77. The number of ether oxygens (including phenoxy) is 7. The van der Waals surface area contributed by atoms with Crippen molar-refractivity contribution in [2.24, 2.45) is 11.8 Å². The number of aromatic hydroxyl groups is 1. The number of phenolic OH excluding ortho intramolecular Hbond substituents is 1. The van der Waals surface area contributed by atoms with Crippen LogP contribution in [0.2, 0.25) is 0 Å². The van der Waals surface area contributed by atoms with Crippen LogP contribution in [0.5, 0.6) is 5.75 Å². The molecule has 12 nitrogen and oxygen atoms in total. The van der Waals surface area contributed by atoms with Crippen LogP contribution in [0, 0.1) is 11.8 Å². The number of benzene rings is 1. The molecular weight excluding hydrogens is 528 g/mol. The van der Waals surface area contributed by atoms with Gasteiger partial charge >= 0.3 is 5.97 Å². The quantitative estimate of drug-likeness (QED) is 0.231. The van der Waals surface area contributed by atoms with Crippen LogP contribution in [0.25, 0.3) is 0 Å². The van der Waals surface area contributed by atoms with E-state index < -0.39 is 66.7 Å². The summed E-state index contributed by atoms with van der Waals surface area (Å²) in [5.74, 6) is -1.33. The Morgan fingerprint density at radius 2 is 1.77 bits per heavy atom. The molecule has 1 aromatic rings. The van der Waals surface area contributed by atoms with Gasteiger partial charge in [-0.25, -0.2) is 4.79 Å². The van der Waals surface area contributed by atoms with Crippen LogP contribution in [0.3, 0.4) is 0 Å². The first-order chi connectivity index (χ1) is 19.1. The van der Waals surface area contributed by atoms with E-state index in [4.69, 9.17) is 33.2 Å². The number of fused-ring (bicyclic) bond motifs is 3. The number of epoxide rings is 1. The van der Waals surface area contributed by atoms with E-state index in [9.17, 15) is 25.2 Å². The zero-order chi connectivity index (χ0) is 28.8. The average Bonchev–Trinajstić information content (AvgIpc) is 3.59. The second-order valence-corrected chi connectivity index (χ2v) is 11.5. The molecule has 0 aromatic heterocycles. The highest BCUT2D eigenvalue weighted by molar-refractivity contribution is 5.89. The normalized spacial score (nSPS) is 40.6. The van der Waals surface area contributed by atoms with E-state index in [-0.39, 0.29) is 49.3 Å². The summed E-state index contributed by atoms with van der Waals surface area (Å²) in [7, 11) is 0. The fourth-order valence-corrected chi connectivity index (χ4v) is 6.16. The van der Waals surface area contributed by atoms with Gasteiger partial charge in [0.05, 0.1) is 43.5 Å². The number of carbonyl (C=O) groups is 1. The van der Waals surface area contributed by atoms with Gasteiger partial charge in [-0.15, -0.1) is 0 Å². The van der Waals surface area contributed by atoms with Gasteiger partial charge in [0.15, 0.2) is 12.6 Å². The molecule has 0 radical (unpaired) electrons. The smallest absolute Gasteiger partial charge is 0.338 e. The summed E-state index contributed by atoms with van der Waals surface area (Å²) in [6, 6.07) is 5.74. The fourth-order valence-electron chi connectivity index (χ4n) is 6.16. The van der Waals surface area contributed by atoms with Gasteiger partial charge in [0.1, 0.15) is 48.0 Å². The van der Waals surface area contributed by atoms with Crippen LogP contribution in [0.1, 0.15) is 44.5 Å². The number of rotatable bonds is 10. The first-order valence-electron chi connectivity index (χ1n) is 13.9. The molecule has 0 unspecified atom stereocenters. The Balaban J connectivity index is 1.32. The fraction of sp³-hybridized carbons (Fsp3) is 0.750. The second kappa shape index (κ2) is 11.8. The van der Waals surface area contributed by atoms with Crippen molar-refractivity contribution >= 4 is 5.97 Å². The first kappa shape index (κ1) is 29.6. The van der Waals surface area contributed by atoms with Gasteiger partial charge in [0.2, 0.25) is 0 Å². The predicted molar refractivity (Wildman–Crippen MR) is 136 cm³/mol. The highest BCUT2D eigenvalue weighted by Crippen LogP contribution is 2.61. The van der Waals surface area contributed by atoms with Crippen LogP contribution in [0.4, 0.5) is 0 Å². The number of carbonyl (C=O) groups excluding carboxylic acids is 1. The Hall–Kier alpha value is -1.87. The maximum atomic E-state index is 12.9. The minimum absolute atomic E-state index is 0.0315. The van der Waals surface area contributed by atoms with Crippen molar-refractivity contribution in [3.8, 4) is 5.75 Å². The van der Waals surface area contributed by atoms with Crippen molar-refractivity contribution in [1.29, 1.82) is 0 Å². The monoisotopic (exact) mass is 568 g/mol. The topological polar surface area (TPSA) is 166 Å². The summed E-state index contributed by atoms with van der Waals surface area (Å²) in [6.07, 6.45) is -7.61. The first-order valence-corrected chi connectivity index (χ1v) is 13.9. The molecule has 1 aliphatic carbocycles. The van der Waals surface area contributed by atoms with Crippen LogP contribution in [-0.4, -0.2) is 113 Å². The van der Waals surface area contributed by atoms with Gasteiger partial charge in [-0.3, -0.25) is 0 Å². The molecule has 4 aliphatic rings. The molecule has 11 atom stereocenters. The minimum atomic E-state index is -1.45. The summed E-state index contributed by atoms with van der Waals surface area (Å²) in [5, 5.41) is 41.8. The third kappa shape index (κ3) is 5.61. The Kier molecular flexibility index (Phi) is 8.73. The lowest BCUT2D eigenvalue weighted by atomic mass is 9.83. The molecule has 0 spiro atoms. The molecule has 5 rings (SSSR count). The molecule has 12 heteroatoms. The van der Waals surface area contributed by atoms with Gasteiger partial charge in [-0.2, -0.15) is 0 Å². The summed E-state index contributed by atoms with van der Waals surface area (Å²) in [6.45, 7) is 7.44. The zero-order valence-electron chi connectivity index (χ0n) is 23.1. The van der Waals surface area contributed by atoms with Crippen LogP contribution < -0.4 is 0 Å². The van der Waals surface area contributed by atoms with Crippen molar-refractivity contribution in [3.05, 3.63) is 29.8 Å². The van der Waals surface area contributed by atoms with Crippen molar-refractivity contribution in [3.63, 3.8) is 0 Å².